The lowest BCUT2D eigenvalue weighted by Crippen LogP contribution is -2.14. The average molecular weight is 638 g/mol. The number of nitrogens with one attached hydrogen (secondary N) is 1. The number of hydrogen-bond acceptors (Lipinski definition) is 8. The first kappa shape index (κ1) is 29.4. The predicted molar refractivity (Wildman–Crippen MR) is 173 cm³/mol. The fourth-order valence-electron chi connectivity index (χ4n) is 5.64. The van der Waals surface area contributed by atoms with Crippen molar-refractivity contribution in [2.24, 2.45) is 7.05 Å². The molecule has 1 aliphatic carbocycles. The fraction of sp³-hybridized carbons (Fsp3) is 0.235. The molecule has 7 rings (SSSR count). The van der Waals surface area contributed by atoms with Crippen LogP contribution in [0, 0.1) is 17.1 Å². The van der Waals surface area contributed by atoms with Crippen molar-refractivity contribution in [1.82, 2.24) is 24.1 Å². The van der Waals surface area contributed by atoms with Gasteiger partial charge in [0.25, 0.3) is 0 Å². The van der Waals surface area contributed by atoms with Crippen molar-refractivity contribution in [1.29, 1.82) is 5.26 Å². The van der Waals surface area contributed by atoms with E-state index in [0.29, 0.717) is 40.6 Å². The zero-order valence-electron chi connectivity index (χ0n) is 25.6. The first-order valence-corrected chi connectivity index (χ1v) is 15.0. The quantitative estimate of drug-likeness (QED) is 0.178. The Balaban J connectivity index is 1.32. The molecule has 0 aliphatic heterocycles. The Bertz CT molecular complexity index is 2200. The number of rotatable bonds is 9. The van der Waals surface area contributed by atoms with Crippen molar-refractivity contribution < 1.29 is 18.6 Å². The first-order chi connectivity index (χ1) is 22.2. The van der Waals surface area contributed by atoms with Gasteiger partial charge in [0.05, 0.1) is 60.3 Å². The highest BCUT2D eigenvalue weighted by molar-refractivity contribution is 6.31. The van der Waals surface area contributed by atoms with Crippen molar-refractivity contribution in [3.05, 3.63) is 83.2 Å². The number of aromatic nitrogens is 5. The van der Waals surface area contributed by atoms with Crippen LogP contribution in [-0.4, -0.2) is 44.0 Å². The van der Waals surface area contributed by atoms with Crippen molar-refractivity contribution in [3.8, 4) is 45.7 Å². The summed E-state index contributed by atoms with van der Waals surface area (Å²) in [6.45, 7) is 2.39. The van der Waals surface area contributed by atoms with Crippen molar-refractivity contribution in [2.75, 3.05) is 19.5 Å². The highest BCUT2D eigenvalue weighted by atomic mass is 35.5. The minimum atomic E-state index is -0.712. The molecular weight excluding hydrogens is 609 g/mol. The van der Waals surface area contributed by atoms with Gasteiger partial charge in [-0.2, -0.15) is 10.4 Å². The van der Waals surface area contributed by atoms with Gasteiger partial charge in [-0.25, -0.2) is 14.4 Å². The lowest BCUT2D eigenvalue weighted by Gasteiger charge is -2.18. The van der Waals surface area contributed by atoms with E-state index in [1.807, 2.05) is 47.7 Å². The number of methoxy groups -OCH3 is 2. The molecule has 1 N–H and O–H groups in total. The summed E-state index contributed by atoms with van der Waals surface area (Å²) < 4.78 is 36.4. The third-order valence-electron chi connectivity index (χ3n) is 8.38. The number of halogens is 2. The van der Waals surface area contributed by atoms with Crippen LogP contribution in [0.5, 0.6) is 17.2 Å². The lowest BCUT2D eigenvalue weighted by molar-refractivity contribution is 0.199. The molecule has 0 spiro atoms. The van der Waals surface area contributed by atoms with E-state index < -0.39 is 11.4 Å². The maximum Gasteiger partial charge on any atom is 0.153 e. The molecule has 3 heterocycles. The van der Waals surface area contributed by atoms with E-state index >= 15 is 4.39 Å². The van der Waals surface area contributed by atoms with Crippen LogP contribution in [0.3, 0.4) is 0 Å². The summed E-state index contributed by atoms with van der Waals surface area (Å²) in [5.74, 6) is 1.55. The van der Waals surface area contributed by atoms with Gasteiger partial charge in [0.1, 0.15) is 40.0 Å². The van der Waals surface area contributed by atoms with Crippen LogP contribution in [0.25, 0.3) is 38.9 Å². The monoisotopic (exact) mass is 637 g/mol. The number of ether oxygens (including phenoxy) is 3. The van der Waals surface area contributed by atoms with E-state index in [2.05, 4.69) is 21.5 Å². The second kappa shape index (κ2) is 11.2. The highest BCUT2D eigenvalue weighted by Gasteiger charge is 2.41. The number of aryl methyl sites for hydroxylation is 1. The Hall–Kier alpha value is -5.34. The van der Waals surface area contributed by atoms with Gasteiger partial charge in [-0.15, -0.1) is 0 Å². The molecule has 0 saturated heterocycles. The van der Waals surface area contributed by atoms with Crippen molar-refractivity contribution in [2.45, 2.75) is 31.9 Å². The molecule has 1 aliphatic rings. The second-order valence-electron chi connectivity index (χ2n) is 11.5. The number of benzene rings is 3. The molecule has 46 heavy (non-hydrogen) atoms. The van der Waals surface area contributed by atoms with Gasteiger partial charge in [0.2, 0.25) is 0 Å². The number of hydrogen-bond donors (Lipinski definition) is 1. The molecule has 0 unspecified atom stereocenters. The summed E-state index contributed by atoms with van der Waals surface area (Å²) in [4.78, 5) is 9.34. The summed E-state index contributed by atoms with van der Waals surface area (Å²) in [5, 5.41) is 18.0. The van der Waals surface area contributed by atoms with Gasteiger partial charge in [0.15, 0.2) is 11.6 Å². The number of anilines is 1. The van der Waals surface area contributed by atoms with E-state index in [4.69, 9.17) is 30.8 Å². The molecule has 12 heteroatoms. The highest BCUT2D eigenvalue weighted by Crippen LogP contribution is 2.46. The molecule has 3 aromatic carbocycles. The van der Waals surface area contributed by atoms with Crippen LogP contribution >= 0.6 is 11.6 Å². The van der Waals surface area contributed by atoms with Gasteiger partial charge < -0.3 is 19.5 Å². The van der Waals surface area contributed by atoms with Gasteiger partial charge in [0, 0.05) is 36.9 Å². The van der Waals surface area contributed by atoms with Gasteiger partial charge in [-0.1, -0.05) is 17.7 Å². The summed E-state index contributed by atoms with van der Waals surface area (Å²) >= 11 is 6.38. The summed E-state index contributed by atoms with van der Waals surface area (Å²) in [7, 11) is 4.93. The van der Waals surface area contributed by atoms with Crippen molar-refractivity contribution >= 4 is 34.0 Å². The van der Waals surface area contributed by atoms with Crippen LogP contribution in [0.15, 0.2) is 61.2 Å². The van der Waals surface area contributed by atoms with E-state index in [9.17, 15) is 5.26 Å². The van der Waals surface area contributed by atoms with Gasteiger partial charge in [-0.3, -0.25) is 9.08 Å². The topological polar surface area (TPSA) is 112 Å². The lowest BCUT2D eigenvalue weighted by atomic mass is 9.96. The molecule has 0 atom stereocenters. The summed E-state index contributed by atoms with van der Waals surface area (Å²) in [6, 6.07) is 14.9. The smallest absolute Gasteiger partial charge is 0.153 e. The molecule has 6 aromatic rings. The minimum absolute atomic E-state index is 0.0400. The number of fused-ring (bicyclic) bond motifs is 3. The minimum Gasteiger partial charge on any atom is -0.497 e. The SMILES string of the molecule is COc1ccc(CNc2nc3cc(-c4cnn(C)c4-c4c(F)c(Cl)cc(OC5(C)CC5)c4C#N)ccc3n3cncc23)c(OC)c1. The molecular formula is C34H29ClFN7O3. The second-order valence-corrected chi connectivity index (χ2v) is 11.9. The maximum absolute atomic E-state index is 15.9. The van der Waals surface area contributed by atoms with Crippen LogP contribution < -0.4 is 19.5 Å². The first-order valence-electron chi connectivity index (χ1n) is 14.6. The Morgan fingerprint density at radius 2 is 1.89 bits per heavy atom. The van der Waals surface area contributed by atoms with E-state index in [-0.39, 0.29) is 21.9 Å². The van der Waals surface area contributed by atoms with Crippen LogP contribution in [0.2, 0.25) is 5.02 Å². The zero-order chi connectivity index (χ0) is 32.2. The van der Waals surface area contributed by atoms with Crippen LogP contribution in [0.1, 0.15) is 30.9 Å². The van der Waals surface area contributed by atoms with E-state index in [1.54, 1.807) is 44.7 Å². The van der Waals surface area contributed by atoms with Crippen LogP contribution in [-0.2, 0) is 13.6 Å². The predicted octanol–water partition coefficient (Wildman–Crippen LogP) is 7.17. The number of nitriles is 1. The Labute approximate surface area is 268 Å². The Morgan fingerprint density at radius 3 is 2.63 bits per heavy atom. The molecule has 1 saturated carbocycles. The Morgan fingerprint density at radius 1 is 1.07 bits per heavy atom. The van der Waals surface area contributed by atoms with Crippen LogP contribution in [0.4, 0.5) is 10.2 Å². The standard InChI is InChI=1S/C34H29ClFN7O3/c1-34(9-10-34)46-29-13-24(35)31(36)30(22(29)14-37)32-23(16-40-42(32)2)19-6-8-26-25(11-19)41-33(27-17-38-18-43(26)27)39-15-20-5-7-21(44-3)12-28(20)45-4/h5-8,11-13,16-18H,9-10,15H2,1-4H3,(H,39,41). The molecule has 10 nitrogen and oxygen atoms in total. The largest absolute Gasteiger partial charge is 0.497 e. The zero-order valence-corrected chi connectivity index (χ0v) is 26.3. The van der Waals surface area contributed by atoms with Gasteiger partial charge in [-0.05, 0) is 49.6 Å². The van der Waals surface area contributed by atoms with Crippen molar-refractivity contribution in [3.63, 3.8) is 0 Å². The molecule has 0 bridgehead atoms. The third kappa shape index (κ3) is 5.01. The third-order valence-corrected chi connectivity index (χ3v) is 8.66. The number of nitrogens with zero attached hydrogens (tertiary/aromatic N) is 6. The van der Waals surface area contributed by atoms with E-state index in [1.165, 1.54) is 6.07 Å². The number of imidazole rings is 1. The Kier molecular flexibility index (Phi) is 7.17. The molecule has 3 aromatic heterocycles. The van der Waals surface area contributed by atoms with Gasteiger partial charge >= 0.3 is 0 Å². The molecule has 0 radical (unpaired) electrons. The molecule has 0 amide bonds. The van der Waals surface area contributed by atoms with E-state index in [0.717, 1.165) is 35.0 Å². The summed E-state index contributed by atoms with van der Waals surface area (Å²) in [5.41, 5.74) is 4.66. The maximum atomic E-state index is 15.9. The normalized spacial score (nSPS) is 13.5. The average Bonchev–Trinajstić information content (AvgIpc) is 3.41. The fourth-order valence-corrected chi connectivity index (χ4v) is 5.83. The molecule has 1 fully saturated rings. The summed E-state index contributed by atoms with van der Waals surface area (Å²) in [6.07, 6.45) is 6.82. The molecule has 232 valence electrons.